The lowest BCUT2D eigenvalue weighted by atomic mass is 10.1. The van der Waals surface area contributed by atoms with E-state index in [1.165, 1.54) is 0 Å². The highest BCUT2D eigenvalue weighted by atomic mass is 16.5. The van der Waals surface area contributed by atoms with E-state index in [4.69, 9.17) is 10.6 Å². The number of ether oxygens (including phenoxy) is 1. The van der Waals surface area contributed by atoms with E-state index in [1.807, 2.05) is 6.92 Å². The Bertz CT molecular complexity index is 238. The normalized spacial score (nSPS) is 21.3. The quantitative estimate of drug-likeness (QED) is 0.269. The second-order valence-electron chi connectivity index (χ2n) is 4.66. The van der Waals surface area contributed by atoms with Gasteiger partial charge in [-0.25, -0.2) is 10.8 Å². The van der Waals surface area contributed by atoms with Gasteiger partial charge in [0.1, 0.15) is 0 Å². The molecule has 1 fully saturated rings. The molecule has 0 bridgehead atoms. The fraction of sp³-hybridized carbons (Fsp3) is 0.909. The van der Waals surface area contributed by atoms with Crippen LogP contribution in [0.1, 0.15) is 19.8 Å². The number of guanidine groups is 1. The molecule has 0 aliphatic carbocycles. The Kier molecular flexibility index (Phi) is 6.25. The molecule has 0 saturated carbocycles. The monoisotopic (exact) mass is 243 g/mol. The van der Waals surface area contributed by atoms with Crippen LogP contribution in [0.2, 0.25) is 0 Å². The van der Waals surface area contributed by atoms with Gasteiger partial charge in [0.05, 0.1) is 12.6 Å². The summed E-state index contributed by atoms with van der Waals surface area (Å²) in [5.41, 5.74) is 2.62. The van der Waals surface area contributed by atoms with Crippen molar-refractivity contribution in [1.82, 2.24) is 15.6 Å². The predicted molar refractivity (Wildman–Crippen MR) is 69.8 cm³/mol. The third-order valence-corrected chi connectivity index (χ3v) is 2.94. The van der Waals surface area contributed by atoms with Crippen molar-refractivity contribution in [2.45, 2.75) is 31.8 Å². The van der Waals surface area contributed by atoms with Crippen LogP contribution in [0.5, 0.6) is 0 Å². The molecule has 1 heterocycles. The first-order chi connectivity index (χ1) is 8.15. The van der Waals surface area contributed by atoms with Crippen LogP contribution in [0.3, 0.4) is 0 Å². The molecule has 6 heteroatoms. The van der Waals surface area contributed by atoms with E-state index in [1.54, 1.807) is 7.11 Å². The van der Waals surface area contributed by atoms with Crippen LogP contribution in [0.25, 0.3) is 0 Å². The summed E-state index contributed by atoms with van der Waals surface area (Å²) in [6.07, 6.45) is 2.17. The number of nitrogens with two attached hydrogens (primary N) is 1. The largest absolute Gasteiger partial charge is 0.383 e. The molecule has 17 heavy (non-hydrogen) atoms. The Labute approximate surface area is 104 Å². The summed E-state index contributed by atoms with van der Waals surface area (Å²) in [6.45, 7) is 4.86. The standard InChI is InChI=1S/C11H25N5O/c1-9(8-17-3)13-11(15-12)14-10-4-6-16(2)7-5-10/h9-10H,4-8,12H2,1-3H3,(H2,13,14,15). The number of likely N-dealkylation sites (tertiary alicyclic amines) is 1. The van der Waals surface area contributed by atoms with Crippen LogP contribution in [0.4, 0.5) is 0 Å². The third-order valence-electron chi connectivity index (χ3n) is 2.94. The summed E-state index contributed by atoms with van der Waals surface area (Å²) in [7, 11) is 3.82. The lowest BCUT2D eigenvalue weighted by molar-refractivity contribution is 0.178. The van der Waals surface area contributed by atoms with Crippen molar-refractivity contribution < 1.29 is 4.74 Å². The van der Waals surface area contributed by atoms with Gasteiger partial charge in [0.2, 0.25) is 5.96 Å². The third kappa shape index (κ3) is 5.34. The maximum Gasteiger partial charge on any atom is 0.206 e. The molecule has 4 N–H and O–H groups in total. The van der Waals surface area contributed by atoms with Crippen molar-refractivity contribution in [2.75, 3.05) is 33.9 Å². The highest BCUT2D eigenvalue weighted by Crippen LogP contribution is 2.11. The lowest BCUT2D eigenvalue weighted by Crippen LogP contribution is -2.48. The lowest BCUT2D eigenvalue weighted by Gasteiger charge is -2.27. The molecule has 1 aliphatic rings. The van der Waals surface area contributed by atoms with Crippen LogP contribution in [-0.2, 0) is 4.74 Å². The summed E-state index contributed by atoms with van der Waals surface area (Å²) in [5.74, 6) is 6.12. The molecule has 0 aromatic heterocycles. The minimum atomic E-state index is 0.195. The molecule has 1 rings (SSSR count). The summed E-state index contributed by atoms with van der Waals surface area (Å²) in [5, 5.41) is 3.20. The molecule has 0 aromatic carbocycles. The van der Waals surface area contributed by atoms with E-state index >= 15 is 0 Å². The number of nitrogens with zero attached hydrogens (tertiary/aromatic N) is 2. The second-order valence-corrected chi connectivity index (χ2v) is 4.66. The number of rotatable bonds is 4. The number of piperidine rings is 1. The fourth-order valence-electron chi connectivity index (χ4n) is 1.95. The van der Waals surface area contributed by atoms with E-state index in [2.05, 4.69) is 27.7 Å². The summed E-state index contributed by atoms with van der Waals surface area (Å²) in [4.78, 5) is 6.92. The average Bonchev–Trinajstić information content (AvgIpc) is 2.31. The highest BCUT2D eigenvalue weighted by molar-refractivity contribution is 5.79. The van der Waals surface area contributed by atoms with E-state index in [0.29, 0.717) is 18.6 Å². The van der Waals surface area contributed by atoms with Gasteiger partial charge in [-0.3, -0.25) is 5.43 Å². The van der Waals surface area contributed by atoms with E-state index in [-0.39, 0.29) is 6.04 Å². The van der Waals surface area contributed by atoms with Gasteiger partial charge in [0, 0.05) is 13.2 Å². The molecule has 0 amide bonds. The molecule has 0 radical (unpaired) electrons. The zero-order valence-electron chi connectivity index (χ0n) is 11.1. The molecule has 1 atom stereocenters. The molecule has 1 unspecified atom stereocenters. The number of methoxy groups -OCH3 is 1. The van der Waals surface area contributed by atoms with Gasteiger partial charge in [-0.15, -0.1) is 0 Å². The maximum absolute atomic E-state index is 5.47. The van der Waals surface area contributed by atoms with Crippen LogP contribution >= 0.6 is 0 Å². The summed E-state index contributed by atoms with van der Waals surface area (Å²) in [6, 6.07) is 0.556. The predicted octanol–water partition coefficient (Wildman–Crippen LogP) is -0.476. The minimum Gasteiger partial charge on any atom is -0.383 e. The number of hydrogen-bond acceptors (Lipinski definition) is 4. The SMILES string of the molecule is COCC(C)NC(=NC1CCN(C)CC1)NN. The van der Waals surface area contributed by atoms with Gasteiger partial charge < -0.3 is 15.0 Å². The van der Waals surface area contributed by atoms with Gasteiger partial charge in [0.15, 0.2) is 0 Å². The second kappa shape index (κ2) is 7.47. The number of hydrazine groups is 1. The van der Waals surface area contributed by atoms with Crippen molar-refractivity contribution in [3.8, 4) is 0 Å². The zero-order valence-corrected chi connectivity index (χ0v) is 11.1. The molecule has 100 valence electrons. The van der Waals surface area contributed by atoms with Crippen molar-refractivity contribution in [3.05, 3.63) is 0 Å². The van der Waals surface area contributed by atoms with Gasteiger partial charge in [-0.05, 0) is 39.9 Å². The number of nitrogens with one attached hydrogen (secondary N) is 2. The highest BCUT2D eigenvalue weighted by Gasteiger charge is 2.16. The fourth-order valence-corrected chi connectivity index (χ4v) is 1.95. The van der Waals surface area contributed by atoms with Crippen LogP contribution in [-0.4, -0.2) is 56.8 Å². The Morgan fingerprint density at radius 1 is 1.53 bits per heavy atom. The first kappa shape index (κ1) is 14.2. The van der Waals surface area contributed by atoms with Gasteiger partial charge in [-0.1, -0.05) is 0 Å². The molecule has 1 saturated heterocycles. The topological polar surface area (TPSA) is 74.9 Å². The first-order valence-electron chi connectivity index (χ1n) is 6.14. The van der Waals surface area contributed by atoms with Crippen molar-refractivity contribution in [3.63, 3.8) is 0 Å². The molecule has 6 nitrogen and oxygen atoms in total. The Balaban J connectivity index is 2.42. The molecular weight excluding hydrogens is 218 g/mol. The van der Waals surface area contributed by atoms with Crippen LogP contribution in [0.15, 0.2) is 4.99 Å². The zero-order chi connectivity index (χ0) is 12.7. The smallest absolute Gasteiger partial charge is 0.206 e. The molecule has 0 aromatic rings. The number of hydrogen-bond donors (Lipinski definition) is 3. The van der Waals surface area contributed by atoms with E-state index < -0.39 is 0 Å². The van der Waals surface area contributed by atoms with Gasteiger partial charge in [0.25, 0.3) is 0 Å². The summed E-state index contributed by atoms with van der Waals surface area (Å²) >= 11 is 0. The summed E-state index contributed by atoms with van der Waals surface area (Å²) < 4.78 is 5.06. The van der Waals surface area contributed by atoms with Crippen molar-refractivity contribution in [2.24, 2.45) is 10.8 Å². The molecular formula is C11H25N5O. The van der Waals surface area contributed by atoms with Crippen molar-refractivity contribution >= 4 is 5.96 Å². The van der Waals surface area contributed by atoms with E-state index in [0.717, 1.165) is 25.9 Å². The number of aliphatic imine (C=N–C) groups is 1. The Morgan fingerprint density at radius 2 is 2.18 bits per heavy atom. The van der Waals surface area contributed by atoms with Gasteiger partial charge >= 0.3 is 0 Å². The van der Waals surface area contributed by atoms with Crippen LogP contribution < -0.4 is 16.6 Å². The van der Waals surface area contributed by atoms with E-state index in [9.17, 15) is 0 Å². The first-order valence-corrected chi connectivity index (χ1v) is 6.14. The maximum atomic E-state index is 5.47. The van der Waals surface area contributed by atoms with Crippen LogP contribution in [0, 0.1) is 0 Å². The average molecular weight is 243 g/mol. The molecule has 0 spiro atoms. The minimum absolute atomic E-state index is 0.195. The van der Waals surface area contributed by atoms with Crippen molar-refractivity contribution in [1.29, 1.82) is 0 Å². The molecule has 1 aliphatic heterocycles. The van der Waals surface area contributed by atoms with Gasteiger partial charge in [-0.2, -0.15) is 0 Å². The Morgan fingerprint density at radius 3 is 2.71 bits per heavy atom. The Hall–Kier alpha value is -0.850.